The fourth-order valence-electron chi connectivity index (χ4n) is 2.79. The SMILES string of the molecule is CCCCc1ccc(CNC2CCC(N)CC2)cc1. The molecular weight excluding hydrogens is 232 g/mol. The Morgan fingerprint density at radius 2 is 1.68 bits per heavy atom. The number of hydrogen-bond donors (Lipinski definition) is 2. The van der Waals surface area contributed by atoms with Crippen molar-refractivity contribution in [3.63, 3.8) is 0 Å². The minimum atomic E-state index is 0.441. The van der Waals surface area contributed by atoms with Crippen LogP contribution in [0.15, 0.2) is 24.3 Å². The third-order valence-electron chi connectivity index (χ3n) is 4.21. The summed E-state index contributed by atoms with van der Waals surface area (Å²) in [7, 11) is 0. The number of nitrogens with one attached hydrogen (secondary N) is 1. The highest BCUT2D eigenvalue weighted by atomic mass is 14.9. The van der Waals surface area contributed by atoms with E-state index < -0.39 is 0 Å². The van der Waals surface area contributed by atoms with Crippen molar-refractivity contribution in [3.8, 4) is 0 Å². The zero-order chi connectivity index (χ0) is 13.5. The molecule has 2 nitrogen and oxygen atoms in total. The Morgan fingerprint density at radius 3 is 2.32 bits per heavy atom. The van der Waals surface area contributed by atoms with E-state index in [0.717, 1.165) is 6.54 Å². The molecule has 0 amide bonds. The molecule has 1 aliphatic rings. The van der Waals surface area contributed by atoms with Gasteiger partial charge in [-0.05, 0) is 49.7 Å². The summed E-state index contributed by atoms with van der Waals surface area (Å²) >= 11 is 0. The second-order valence-corrected chi connectivity index (χ2v) is 5.91. The average molecular weight is 260 g/mol. The lowest BCUT2D eigenvalue weighted by atomic mass is 9.92. The van der Waals surface area contributed by atoms with Gasteiger partial charge in [0, 0.05) is 18.6 Å². The van der Waals surface area contributed by atoms with Crippen LogP contribution in [0.4, 0.5) is 0 Å². The Bertz CT molecular complexity index is 350. The molecule has 0 aromatic heterocycles. The van der Waals surface area contributed by atoms with Gasteiger partial charge in [-0.25, -0.2) is 0 Å². The van der Waals surface area contributed by atoms with Crippen molar-refractivity contribution in [3.05, 3.63) is 35.4 Å². The van der Waals surface area contributed by atoms with Crippen molar-refractivity contribution < 1.29 is 0 Å². The summed E-state index contributed by atoms with van der Waals surface area (Å²) in [6.45, 7) is 3.24. The topological polar surface area (TPSA) is 38.0 Å². The van der Waals surface area contributed by atoms with Crippen LogP contribution in [0.3, 0.4) is 0 Å². The minimum Gasteiger partial charge on any atom is -0.328 e. The quantitative estimate of drug-likeness (QED) is 0.823. The molecule has 19 heavy (non-hydrogen) atoms. The van der Waals surface area contributed by atoms with Gasteiger partial charge in [0.25, 0.3) is 0 Å². The molecule has 2 heteroatoms. The predicted octanol–water partition coefficient (Wildman–Crippen LogP) is 3.39. The summed E-state index contributed by atoms with van der Waals surface area (Å²) in [6.07, 6.45) is 8.59. The van der Waals surface area contributed by atoms with Crippen LogP contribution in [0, 0.1) is 0 Å². The van der Waals surface area contributed by atoms with Crippen LogP contribution in [-0.2, 0) is 13.0 Å². The highest BCUT2D eigenvalue weighted by molar-refractivity contribution is 5.22. The van der Waals surface area contributed by atoms with Crippen molar-refractivity contribution in [1.29, 1.82) is 0 Å². The number of nitrogens with two attached hydrogens (primary N) is 1. The number of aryl methyl sites for hydroxylation is 1. The highest BCUT2D eigenvalue weighted by Gasteiger charge is 2.17. The van der Waals surface area contributed by atoms with Crippen LogP contribution >= 0.6 is 0 Å². The van der Waals surface area contributed by atoms with Crippen molar-refractivity contribution >= 4 is 0 Å². The minimum absolute atomic E-state index is 0.441. The normalized spacial score (nSPS) is 23.5. The van der Waals surface area contributed by atoms with Crippen LogP contribution in [0.5, 0.6) is 0 Å². The van der Waals surface area contributed by atoms with Crippen LogP contribution < -0.4 is 11.1 Å². The number of hydrogen-bond acceptors (Lipinski definition) is 2. The maximum atomic E-state index is 5.93. The molecule has 2 rings (SSSR count). The summed E-state index contributed by atoms with van der Waals surface area (Å²) in [6, 6.07) is 10.2. The number of rotatable bonds is 6. The summed E-state index contributed by atoms with van der Waals surface area (Å²) in [4.78, 5) is 0. The number of unbranched alkanes of at least 4 members (excludes halogenated alkanes) is 1. The first-order valence-corrected chi connectivity index (χ1v) is 7.84. The van der Waals surface area contributed by atoms with Gasteiger partial charge in [0.1, 0.15) is 0 Å². The lowest BCUT2D eigenvalue weighted by Crippen LogP contribution is -2.37. The molecule has 3 N–H and O–H groups in total. The predicted molar refractivity (Wildman–Crippen MR) is 82.1 cm³/mol. The van der Waals surface area contributed by atoms with Crippen molar-refractivity contribution in [2.24, 2.45) is 5.73 Å². The van der Waals surface area contributed by atoms with E-state index in [-0.39, 0.29) is 0 Å². The zero-order valence-electron chi connectivity index (χ0n) is 12.2. The molecule has 0 aliphatic heterocycles. The maximum Gasteiger partial charge on any atom is 0.0208 e. The standard InChI is InChI=1S/C17H28N2/c1-2-3-4-14-5-7-15(8-6-14)13-19-17-11-9-16(18)10-12-17/h5-8,16-17,19H,2-4,9-13,18H2,1H3. The molecule has 0 atom stereocenters. The molecule has 0 saturated heterocycles. The van der Waals surface area contributed by atoms with E-state index >= 15 is 0 Å². The van der Waals surface area contributed by atoms with E-state index in [9.17, 15) is 0 Å². The second-order valence-electron chi connectivity index (χ2n) is 5.91. The Kier molecular flexibility index (Phi) is 5.87. The van der Waals surface area contributed by atoms with Gasteiger partial charge < -0.3 is 11.1 Å². The van der Waals surface area contributed by atoms with Crippen LogP contribution in [-0.4, -0.2) is 12.1 Å². The molecule has 1 aromatic rings. The Hall–Kier alpha value is -0.860. The lowest BCUT2D eigenvalue weighted by Gasteiger charge is -2.27. The molecule has 1 saturated carbocycles. The lowest BCUT2D eigenvalue weighted by molar-refractivity contribution is 0.342. The summed E-state index contributed by atoms with van der Waals surface area (Å²) < 4.78 is 0. The van der Waals surface area contributed by atoms with E-state index in [2.05, 4.69) is 36.5 Å². The monoisotopic (exact) mass is 260 g/mol. The first kappa shape index (κ1) is 14.5. The average Bonchev–Trinajstić information content (AvgIpc) is 2.46. The van der Waals surface area contributed by atoms with Gasteiger partial charge in [0.05, 0.1) is 0 Å². The molecule has 0 heterocycles. The summed E-state index contributed by atoms with van der Waals surface area (Å²) in [5, 5.41) is 3.67. The van der Waals surface area contributed by atoms with Crippen LogP contribution in [0.1, 0.15) is 56.6 Å². The van der Waals surface area contributed by atoms with E-state index in [1.165, 1.54) is 56.1 Å². The molecule has 1 aromatic carbocycles. The Balaban J connectivity index is 1.73. The van der Waals surface area contributed by atoms with Crippen LogP contribution in [0.25, 0.3) is 0 Å². The molecular formula is C17H28N2. The molecule has 0 radical (unpaired) electrons. The molecule has 106 valence electrons. The van der Waals surface area contributed by atoms with E-state index in [1.54, 1.807) is 0 Å². The van der Waals surface area contributed by atoms with Gasteiger partial charge in [-0.1, -0.05) is 37.6 Å². The van der Waals surface area contributed by atoms with Gasteiger partial charge in [0.2, 0.25) is 0 Å². The maximum absolute atomic E-state index is 5.93. The Labute approximate surface area is 117 Å². The molecule has 0 spiro atoms. The van der Waals surface area contributed by atoms with E-state index in [1.807, 2.05) is 0 Å². The van der Waals surface area contributed by atoms with Crippen molar-refractivity contribution in [1.82, 2.24) is 5.32 Å². The van der Waals surface area contributed by atoms with E-state index in [4.69, 9.17) is 5.73 Å². The highest BCUT2D eigenvalue weighted by Crippen LogP contribution is 2.17. The van der Waals surface area contributed by atoms with E-state index in [0.29, 0.717) is 12.1 Å². The van der Waals surface area contributed by atoms with Crippen molar-refractivity contribution in [2.45, 2.75) is 70.5 Å². The summed E-state index contributed by atoms with van der Waals surface area (Å²) in [5.41, 5.74) is 8.80. The fraction of sp³-hybridized carbons (Fsp3) is 0.647. The Morgan fingerprint density at radius 1 is 1.05 bits per heavy atom. The third kappa shape index (κ3) is 4.96. The first-order chi connectivity index (χ1) is 9.28. The molecule has 1 fully saturated rings. The largest absolute Gasteiger partial charge is 0.328 e. The summed E-state index contributed by atoms with van der Waals surface area (Å²) in [5.74, 6) is 0. The molecule has 1 aliphatic carbocycles. The zero-order valence-corrected chi connectivity index (χ0v) is 12.2. The molecule has 0 unspecified atom stereocenters. The number of benzene rings is 1. The van der Waals surface area contributed by atoms with Gasteiger partial charge in [-0.15, -0.1) is 0 Å². The third-order valence-corrected chi connectivity index (χ3v) is 4.21. The van der Waals surface area contributed by atoms with Gasteiger partial charge >= 0.3 is 0 Å². The van der Waals surface area contributed by atoms with Crippen molar-refractivity contribution in [2.75, 3.05) is 0 Å². The fourth-order valence-corrected chi connectivity index (χ4v) is 2.79. The van der Waals surface area contributed by atoms with Gasteiger partial charge in [-0.3, -0.25) is 0 Å². The smallest absolute Gasteiger partial charge is 0.0208 e. The van der Waals surface area contributed by atoms with Crippen LogP contribution in [0.2, 0.25) is 0 Å². The molecule has 0 bridgehead atoms. The first-order valence-electron chi connectivity index (χ1n) is 7.84. The van der Waals surface area contributed by atoms with Gasteiger partial charge in [0.15, 0.2) is 0 Å². The van der Waals surface area contributed by atoms with Gasteiger partial charge in [-0.2, -0.15) is 0 Å². The second kappa shape index (κ2) is 7.66.